The van der Waals surface area contributed by atoms with Crippen molar-refractivity contribution >= 4 is 21.6 Å². The second-order valence-electron chi connectivity index (χ2n) is 4.78. The second kappa shape index (κ2) is 8.65. The zero-order valence-electron chi connectivity index (χ0n) is 13.0. The highest BCUT2D eigenvalue weighted by atomic mass is 32.2. The zero-order chi connectivity index (χ0) is 19.2. The summed E-state index contributed by atoms with van der Waals surface area (Å²) in [6.07, 6.45) is 0. The van der Waals surface area contributed by atoms with Crippen molar-refractivity contribution in [3.63, 3.8) is 0 Å². The van der Waals surface area contributed by atoms with Gasteiger partial charge in [-0.05, 0) is 48.5 Å². The van der Waals surface area contributed by atoms with Crippen LogP contribution < -0.4 is 14.9 Å². The summed E-state index contributed by atoms with van der Waals surface area (Å²) in [5.41, 5.74) is 0.265. The van der Waals surface area contributed by atoms with Crippen LogP contribution in [0.1, 0.15) is 0 Å². The first-order chi connectivity index (χ1) is 12.3. The van der Waals surface area contributed by atoms with Gasteiger partial charge in [0.15, 0.2) is 0 Å². The predicted molar refractivity (Wildman–Crippen MR) is 84.4 cm³/mol. The third kappa shape index (κ3) is 6.02. The van der Waals surface area contributed by atoms with Gasteiger partial charge in [-0.3, -0.25) is 9.63 Å². The van der Waals surface area contributed by atoms with E-state index in [0.29, 0.717) is 0 Å². The molecular weight excluding hydrogens is 377 g/mol. The SMILES string of the molecule is O=C(CONS(=O)(=O)c1ccc(F)cc1)Nc1ccc(OC(F)F)cc1. The van der Waals surface area contributed by atoms with Gasteiger partial charge in [0.05, 0.1) is 4.90 Å². The number of hydrogen-bond acceptors (Lipinski definition) is 5. The molecule has 26 heavy (non-hydrogen) atoms. The van der Waals surface area contributed by atoms with Crippen molar-refractivity contribution in [3.05, 3.63) is 54.3 Å². The molecule has 0 bridgehead atoms. The Kier molecular flexibility index (Phi) is 6.55. The molecule has 2 rings (SSSR count). The standard InChI is InChI=1S/C15H13F3N2O5S/c16-10-1-7-13(8-2-10)26(22,23)20-24-9-14(21)19-11-3-5-12(6-4-11)25-15(17)18/h1-8,15,20H,9H2,(H,19,21). The third-order valence-electron chi connectivity index (χ3n) is 2.86. The lowest BCUT2D eigenvalue weighted by atomic mass is 10.3. The summed E-state index contributed by atoms with van der Waals surface area (Å²) in [6, 6.07) is 9.07. The summed E-state index contributed by atoms with van der Waals surface area (Å²) in [5, 5.41) is 2.36. The van der Waals surface area contributed by atoms with Crippen LogP contribution in [0.3, 0.4) is 0 Å². The lowest BCUT2D eigenvalue weighted by molar-refractivity contribution is -0.121. The fraction of sp³-hybridized carbons (Fsp3) is 0.133. The van der Waals surface area contributed by atoms with Crippen molar-refractivity contribution in [3.8, 4) is 5.75 Å². The van der Waals surface area contributed by atoms with E-state index in [1.54, 1.807) is 4.89 Å². The van der Waals surface area contributed by atoms with Gasteiger partial charge in [0.1, 0.15) is 18.2 Å². The molecule has 1 amide bonds. The van der Waals surface area contributed by atoms with Crippen molar-refractivity contribution in [1.29, 1.82) is 0 Å². The average molecular weight is 390 g/mol. The van der Waals surface area contributed by atoms with Crippen molar-refractivity contribution in [2.24, 2.45) is 0 Å². The highest BCUT2D eigenvalue weighted by molar-refractivity contribution is 7.89. The normalized spacial score (nSPS) is 11.4. The number of nitrogens with one attached hydrogen (secondary N) is 2. The summed E-state index contributed by atoms with van der Waals surface area (Å²) in [4.78, 5) is 17.8. The highest BCUT2D eigenvalue weighted by Crippen LogP contribution is 2.17. The van der Waals surface area contributed by atoms with Crippen molar-refractivity contribution in [2.75, 3.05) is 11.9 Å². The molecule has 0 aliphatic rings. The Hall–Kier alpha value is -2.63. The van der Waals surface area contributed by atoms with Crippen LogP contribution in [0.5, 0.6) is 5.75 Å². The lowest BCUT2D eigenvalue weighted by Crippen LogP contribution is -2.29. The Bertz CT molecular complexity index is 843. The molecule has 0 radical (unpaired) electrons. The number of sulfonamides is 1. The Balaban J connectivity index is 1.82. The summed E-state index contributed by atoms with van der Waals surface area (Å²) < 4.78 is 64.7. The van der Waals surface area contributed by atoms with E-state index in [-0.39, 0.29) is 16.3 Å². The first kappa shape index (κ1) is 19.7. The number of alkyl halides is 2. The van der Waals surface area contributed by atoms with E-state index >= 15 is 0 Å². The van der Waals surface area contributed by atoms with Crippen molar-refractivity contribution in [1.82, 2.24) is 4.89 Å². The minimum atomic E-state index is -4.07. The zero-order valence-corrected chi connectivity index (χ0v) is 13.8. The Morgan fingerprint density at radius 2 is 1.65 bits per heavy atom. The molecule has 0 atom stereocenters. The molecule has 0 saturated carbocycles. The van der Waals surface area contributed by atoms with Gasteiger partial charge in [-0.1, -0.05) is 4.89 Å². The summed E-state index contributed by atoms with van der Waals surface area (Å²) in [5.74, 6) is -1.38. The fourth-order valence-corrected chi connectivity index (χ4v) is 2.56. The second-order valence-corrected chi connectivity index (χ2v) is 6.43. The van der Waals surface area contributed by atoms with Gasteiger partial charge in [-0.25, -0.2) is 12.8 Å². The first-order valence-corrected chi connectivity index (χ1v) is 8.48. The number of carbonyl (C=O) groups excluding carboxylic acids is 1. The Morgan fingerprint density at radius 3 is 2.23 bits per heavy atom. The van der Waals surface area contributed by atoms with Crippen LogP contribution in [-0.2, 0) is 19.7 Å². The number of rotatable bonds is 8. The van der Waals surface area contributed by atoms with Crippen molar-refractivity contribution in [2.45, 2.75) is 11.5 Å². The van der Waals surface area contributed by atoms with E-state index in [4.69, 9.17) is 0 Å². The van der Waals surface area contributed by atoms with Gasteiger partial charge < -0.3 is 10.1 Å². The van der Waals surface area contributed by atoms with Gasteiger partial charge in [-0.15, -0.1) is 0 Å². The molecule has 0 aliphatic carbocycles. The molecule has 7 nitrogen and oxygen atoms in total. The number of carbonyl (C=O) groups is 1. The quantitative estimate of drug-likeness (QED) is 0.675. The van der Waals surface area contributed by atoms with Crippen LogP contribution in [0.15, 0.2) is 53.4 Å². The van der Waals surface area contributed by atoms with E-state index < -0.39 is 35.0 Å². The molecule has 0 fully saturated rings. The summed E-state index contributed by atoms with van der Waals surface area (Å²) >= 11 is 0. The molecule has 0 aliphatic heterocycles. The van der Waals surface area contributed by atoms with Crippen molar-refractivity contribution < 1.29 is 36.0 Å². The van der Waals surface area contributed by atoms with Crippen LogP contribution >= 0.6 is 0 Å². The van der Waals surface area contributed by atoms with Crippen LogP contribution in [-0.4, -0.2) is 27.5 Å². The summed E-state index contributed by atoms with van der Waals surface area (Å²) in [7, 11) is -4.07. The van der Waals surface area contributed by atoms with Gasteiger partial charge in [-0.2, -0.15) is 8.78 Å². The van der Waals surface area contributed by atoms with Crippen LogP contribution in [0.4, 0.5) is 18.9 Å². The maximum absolute atomic E-state index is 12.8. The average Bonchev–Trinajstić information content (AvgIpc) is 2.56. The van der Waals surface area contributed by atoms with E-state index in [1.807, 2.05) is 0 Å². The molecule has 0 spiro atoms. The van der Waals surface area contributed by atoms with Gasteiger partial charge in [0.25, 0.3) is 15.9 Å². The molecule has 2 aromatic carbocycles. The van der Waals surface area contributed by atoms with E-state index in [2.05, 4.69) is 14.9 Å². The van der Waals surface area contributed by atoms with Crippen LogP contribution in [0.25, 0.3) is 0 Å². The number of halogens is 3. The molecule has 0 unspecified atom stereocenters. The summed E-state index contributed by atoms with van der Waals surface area (Å²) in [6.45, 7) is -3.62. The van der Waals surface area contributed by atoms with E-state index in [0.717, 1.165) is 24.3 Å². The number of ether oxygens (including phenoxy) is 1. The Morgan fingerprint density at radius 1 is 1.04 bits per heavy atom. The number of hydrogen-bond donors (Lipinski definition) is 2. The first-order valence-electron chi connectivity index (χ1n) is 7.00. The monoisotopic (exact) mass is 390 g/mol. The number of anilines is 1. The molecule has 0 saturated heterocycles. The maximum Gasteiger partial charge on any atom is 0.387 e. The third-order valence-corrected chi connectivity index (χ3v) is 4.09. The fourth-order valence-electron chi connectivity index (χ4n) is 1.75. The van der Waals surface area contributed by atoms with E-state index in [1.165, 1.54) is 24.3 Å². The molecule has 0 aromatic heterocycles. The van der Waals surface area contributed by atoms with Crippen LogP contribution in [0, 0.1) is 5.82 Å². The highest BCUT2D eigenvalue weighted by Gasteiger charge is 2.15. The van der Waals surface area contributed by atoms with Gasteiger partial charge >= 0.3 is 6.61 Å². The smallest absolute Gasteiger partial charge is 0.387 e. The topological polar surface area (TPSA) is 93.7 Å². The lowest BCUT2D eigenvalue weighted by Gasteiger charge is -2.09. The number of amides is 1. The molecule has 2 N–H and O–H groups in total. The minimum Gasteiger partial charge on any atom is -0.435 e. The van der Waals surface area contributed by atoms with Gasteiger partial charge in [0, 0.05) is 5.69 Å². The largest absolute Gasteiger partial charge is 0.435 e. The maximum atomic E-state index is 12.8. The number of benzene rings is 2. The minimum absolute atomic E-state index is 0.0821. The van der Waals surface area contributed by atoms with E-state index in [9.17, 15) is 26.4 Å². The Labute approximate surface area is 146 Å². The van der Waals surface area contributed by atoms with Crippen LogP contribution in [0.2, 0.25) is 0 Å². The molecule has 2 aromatic rings. The molecular formula is C15H13F3N2O5S. The van der Waals surface area contributed by atoms with Gasteiger partial charge in [0.2, 0.25) is 0 Å². The molecule has 140 valence electrons. The molecule has 0 heterocycles. The molecule has 11 heteroatoms. The predicted octanol–water partition coefficient (Wildman–Crippen LogP) is 2.28.